The average molecular weight is 547 g/mol. The number of carbonyl (C=O) groups is 2. The lowest BCUT2D eigenvalue weighted by Gasteiger charge is -2.23. The number of hydrogen-bond acceptors (Lipinski definition) is 6. The number of hydrogen-bond donors (Lipinski definition) is 1. The predicted octanol–water partition coefficient (Wildman–Crippen LogP) is 6.23. The number of ether oxygens (including phenoxy) is 1. The van der Waals surface area contributed by atoms with Crippen LogP contribution in [0.5, 0.6) is 5.75 Å². The monoisotopic (exact) mass is 546 g/mol. The molecule has 0 radical (unpaired) electrons. The highest BCUT2D eigenvalue weighted by Crippen LogP contribution is 2.39. The van der Waals surface area contributed by atoms with Crippen LogP contribution < -0.4 is 10.1 Å². The molecule has 2 aliphatic heterocycles. The van der Waals surface area contributed by atoms with Crippen LogP contribution in [-0.2, 0) is 9.59 Å². The van der Waals surface area contributed by atoms with Gasteiger partial charge in [0.15, 0.2) is 5.17 Å². The highest BCUT2D eigenvalue weighted by molar-refractivity contribution is 8.15. The Morgan fingerprint density at radius 3 is 2.47 bits per heavy atom. The van der Waals surface area contributed by atoms with E-state index in [9.17, 15) is 9.59 Å². The lowest BCUT2D eigenvalue weighted by atomic mass is 9.98. The number of aryl methyl sites for hydroxylation is 1. The Labute approximate surface area is 230 Å². The number of anilines is 1. The van der Waals surface area contributed by atoms with Gasteiger partial charge < -0.3 is 10.1 Å². The van der Waals surface area contributed by atoms with Crippen molar-refractivity contribution >= 4 is 51.7 Å². The Balaban J connectivity index is 1.31. The molecule has 0 saturated carbocycles. The topological polar surface area (TPSA) is 83.4 Å². The lowest BCUT2D eigenvalue weighted by Crippen LogP contribution is -2.25. The van der Waals surface area contributed by atoms with E-state index in [-0.39, 0.29) is 24.3 Å². The summed E-state index contributed by atoms with van der Waals surface area (Å²) in [5.74, 6) is 0.146. The first-order chi connectivity index (χ1) is 18.4. The number of thioether (sulfide) groups is 1. The number of rotatable bonds is 7. The Bertz CT molecular complexity index is 1390. The summed E-state index contributed by atoms with van der Waals surface area (Å²) >= 11 is 7.41. The third-order valence-corrected chi connectivity index (χ3v) is 7.69. The number of benzene rings is 3. The summed E-state index contributed by atoms with van der Waals surface area (Å²) in [6.07, 6.45) is 0.666. The number of carbonyl (C=O) groups excluding carboxylic acids is 2. The minimum atomic E-state index is -0.614. The summed E-state index contributed by atoms with van der Waals surface area (Å²) < 4.78 is 5.44. The molecule has 194 valence electrons. The minimum absolute atomic E-state index is 0.0116. The van der Waals surface area contributed by atoms with Crippen LogP contribution >= 0.6 is 23.4 Å². The van der Waals surface area contributed by atoms with Gasteiger partial charge in [0.25, 0.3) is 5.91 Å². The van der Waals surface area contributed by atoms with Gasteiger partial charge >= 0.3 is 0 Å². The van der Waals surface area contributed by atoms with E-state index < -0.39 is 5.25 Å². The number of hydrazone groups is 1. The van der Waals surface area contributed by atoms with Crippen molar-refractivity contribution in [2.75, 3.05) is 11.9 Å². The molecular formula is C29H27ClN4O3S. The number of amidine groups is 1. The van der Waals surface area contributed by atoms with Gasteiger partial charge in [-0.25, -0.2) is 5.01 Å². The van der Waals surface area contributed by atoms with Crippen LogP contribution in [0.4, 0.5) is 5.69 Å². The molecule has 38 heavy (non-hydrogen) atoms. The first-order valence-corrected chi connectivity index (χ1v) is 13.7. The van der Waals surface area contributed by atoms with E-state index >= 15 is 0 Å². The van der Waals surface area contributed by atoms with E-state index in [1.54, 1.807) is 24.3 Å². The first kappa shape index (κ1) is 26.0. The molecule has 0 aromatic heterocycles. The number of halogens is 1. The zero-order valence-electron chi connectivity index (χ0n) is 21.1. The largest absolute Gasteiger partial charge is 0.494 e. The summed E-state index contributed by atoms with van der Waals surface area (Å²) in [4.78, 5) is 29.9. The van der Waals surface area contributed by atoms with Crippen LogP contribution in [0.25, 0.3) is 0 Å². The molecule has 0 unspecified atom stereocenters. The van der Waals surface area contributed by atoms with Crippen molar-refractivity contribution in [3.63, 3.8) is 0 Å². The maximum Gasteiger partial charge on any atom is 0.262 e. The van der Waals surface area contributed by atoms with Gasteiger partial charge in [-0.3, -0.25) is 9.59 Å². The van der Waals surface area contributed by atoms with Crippen molar-refractivity contribution < 1.29 is 14.3 Å². The summed E-state index contributed by atoms with van der Waals surface area (Å²) in [5, 5.41) is 10.1. The Morgan fingerprint density at radius 1 is 1.08 bits per heavy atom. The molecule has 0 bridgehead atoms. The third kappa shape index (κ3) is 5.92. The van der Waals surface area contributed by atoms with Gasteiger partial charge in [0.1, 0.15) is 11.0 Å². The zero-order chi connectivity index (χ0) is 26.6. The predicted molar refractivity (Wildman–Crippen MR) is 153 cm³/mol. The molecule has 3 aromatic rings. The molecule has 3 aromatic carbocycles. The average Bonchev–Trinajstić information content (AvgIpc) is 3.50. The fourth-order valence-corrected chi connectivity index (χ4v) is 5.53. The molecule has 1 N–H and O–H groups in total. The number of aliphatic imine (C=N–C) groups is 1. The number of nitrogens with zero attached hydrogens (tertiary/aromatic N) is 3. The fraction of sp³-hybridized carbons (Fsp3) is 0.241. The molecule has 5 rings (SSSR count). The smallest absolute Gasteiger partial charge is 0.262 e. The minimum Gasteiger partial charge on any atom is -0.494 e. The van der Waals surface area contributed by atoms with Gasteiger partial charge in [-0.15, -0.1) is 0 Å². The summed E-state index contributed by atoms with van der Waals surface area (Å²) in [5.41, 5.74) is 4.78. The molecule has 0 spiro atoms. The van der Waals surface area contributed by atoms with E-state index in [0.29, 0.717) is 28.9 Å². The van der Waals surface area contributed by atoms with Crippen molar-refractivity contribution in [1.82, 2.24) is 5.01 Å². The lowest BCUT2D eigenvalue weighted by molar-refractivity contribution is -0.121. The van der Waals surface area contributed by atoms with E-state index in [1.807, 2.05) is 43.1 Å². The second-order valence-electron chi connectivity index (χ2n) is 9.08. The Kier molecular flexibility index (Phi) is 7.81. The molecule has 0 saturated heterocycles. The number of nitrogens with one attached hydrogen (secondary N) is 1. The fourth-order valence-electron chi connectivity index (χ4n) is 4.34. The van der Waals surface area contributed by atoms with E-state index in [4.69, 9.17) is 21.4 Å². The highest BCUT2D eigenvalue weighted by atomic mass is 35.5. The summed E-state index contributed by atoms with van der Waals surface area (Å²) in [6.45, 7) is 4.53. The summed E-state index contributed by atoms with van der Waals surface area (Å²) in [7, 11) is 0. The van der Waals surface area contributed by atoms with Crippen molar-refractivity contribution in [1.29, 1.82) is 0 Å². The molecule has 7 nitrogen and oxygen atoms in total. The van der Waals surface area contributed by atoms with Gasteiger partial charge in [-0.2, -0.15) is 10.1 Å². The van der Waals surface area contributed by atoms with Gasteiger partial charge in [0.05, 0.1) is 18.4 Å². The van der Waals surface area contributed by atoms with E-state index in [1.165, 1.54) is 17.3 Å². The standard InChI is InChI=1S/C29H27ClN4O3S/c1-3-37-23-14-12-22(13-15-23)31-27(35)17-26-28(36)32-29(38-26)34-25(20-8-10-21(30)11-9-20)16-24(33-34)19-6-4-18(2)5-7-19/h4-15,25-26H,3,16-17H2,1-2H3,(H,31,35)/t25-,26+/m0/s1. The van der Waals surface area contributed by atoms with Crippen molar-refractivity contribution in [3.8, 4) is 5.75 Å². The quantitative estimate of drug-likeness (QED) is 0.380. The van der Waals surface area contributed by atoms with Gasteiger partial charge in [0, 0.05) is 23.6 Å². The van der Waals surface area contributed by atoms with Crippen molar-refractivity contribution in [2.24, 2.45) is 10.1 Å². The van der Waals surface area contributed by atoms with Crippen molar-refractivity contribution in [3.05, 3.63) is 94.5 Å². The maximum atomic E-state index is 12.8. The summed E-state index contributed by atoms with van der Waals surface area (Å²) in [6, 6.07) is 22.9. The zero-order valence-corrected chi connectivity index (χ0v) is 22.6. The molecule has 0 aliphatic carbocycles. The first-order valence-electron chi connectivity index (χ1n) is 12.4. The van der Waals surface area contributed by atoms with E-state index in [2.05, 4.69) is 34.6 Å². The Morgan fingerprint density at radius 2 is 1.79 bits per heavy atom. The van der Waals surface area contributed by atoms with Gasteiger partial charge in [0.2, 0.25) is 5.91 Å². The molecule has 2 aliphatic rings. The number of amides is 2. The van der Waals surface area contributed by atoms with Crippen LogP contribution in [0, 0.1) is 6.92 Å². The van der Waals surface area contributed by atoms with Crippen LogP contribution in [0.2, 0.25) is 5.02 Å². The van der Waals surface area contributed by atoms with E-state index in [0.717, 1.165) is 22.6 Å². The SMILES string of the molecule is CCOc1ccc(NC(=O)C[C@H]2SC(N3N=C(c4ccc(C)cc4)C[C@H]3c3ccc(Cl)cc3)=NC2=O)cc1. The second kappa shape index (κ2) is 11.4. The Hall–Kier alpha value is -3.62. The normalized spacial score (nSPS) is 18.8. The van der Waals surface area contributed by atoms with Crippen LogP contribution in [0.3, 0.4) is 0 Å². The van der Waals surface area contributed by atoms with Crippen LogP contribution in [-0.4, -0.2) is 39.6 Å². The maximum absolute atomic E-state index is 12.8. The van der Waals surface area contributed by atoms with Crippen LogP contribution in [0.15, 0.2) is 82.9 Å². The highest BCUT2D eigenvalue weighted by Gasteiger charge is 2.39. The van der Waals surface area contributed by atoms with Crippen molar-refractivity contribution in [2.45, 2.75) is 38.0 Å². The van der Waals surface area contributed by atoms with Gasteiger partial charge in [-0.05, 0) is 61.4 Å². The molecule has 2 atom stereocenters. The second-order valence-corrected chi connectivity index (χ2v) is 10.7. The third-order valence-electron chi connectivity index (χ3n) is 6.29. The molecular weight excluding hydrogens is 520 g/mol. The molecule has 2 heterocycles. The van der Waals surface area contributed by atoms with Crippen LogP contribution in [0.1, 0.15) is 42.5 Å². The van der Waals surface area contributed by atoms with Gasteiger partial charge in [-0.1, -0.05) is 65.3 Å². The molecule has 0 fully saturated rings. The molecule has 9 heteroatoms. The molecule has 2 amide bonds.